The fraction of sp³-hybridized carbons (Fsp3) is 0.400. The second-order valence-electron chi connectivity index (χ2n) is 7.55. The van der Waals surface area contributed by atoms with Crippen LogP contribution in [-0.4, -0.2) is 48.4 Å². The summed E-state index contributed by atoms with van der Waals surface area (Å²) in [5.74, 6) is 0.0891. The van der Waals surface area contributed by atoms with Gasteiger partial charge in [-0.3, -0.25) is 4.79 Å². The fourth-order valence-corrected chi connectivity index (χ4v) is 4.14. The lowest BCUT2D eigenvalue weighted by Gasteiger charge is -2.29. The number of nitrogens with zero attached hydrogens (tertiary/aromatic N) is 2. The van der Waals surface area contributed by atoms with E-state index in [4.69, 9.17) is 5.73 Å². The maximum absolute atomic E-state index is 12.7. The van der Waals surface area contributed by atoms with E-state index in [-0.39, 0.29) is 5.91 Å². The van der Waals surface area contributed by atoms with Gasteiger partial charge in [0.15, 0.2) is 0 Å². The molecule has 0 unspecified atom stereocenters. The van der Waals surface area contributed by atoms with Crippen LogP contribution in [0.5, 0.6) is 0 Å². The van der Waals surface area contributed by atoms with E-state index in [2.05, 4.69) is 30.0 Å². The molecule has 2 aromatic carbocycles. The quantitative estimate of drug-likeness (QED) is 0.728. The van der Waals surface area contributed by atoms with Crippen molar-refractivity contribution in [3.05, 3.63) is 70.8 Å². The van der Waals surface area contributed by atoms with Gasteiger partial charge in [0.25, 0.3) is 5.91 Å². The molecule has 4 heteroatoms. The Labute approximate surface area is 175 Å². The molecule has 1 aliphatic rings. The van der Waals surface area contributed by atoms with Crippen LogP contribution in [0.25, 0.3) is 5.57 Å². The summed E-state index contributed by atoms with van der Waals surface area (Å²) in [6.45, 7) is 11.0. The lowest BCUT2D eigenvalue weighted by molar-refractivity contribution is 0.0773. The molecule has 2 N–H and O–H groups in total. The second kappa shape index (κ2) is 9.75. The third kappa shape index (κ3) is 4.70. The van der Waals surface area contributed by atoms with Crippen molar-refractivity contribution in [2.24, 2.45) is 0 Å². The third-order valence-corrected chi connectivity index (χ3v) is 5.96. The zero-order valence-corrected chi connectivity index (χ0v) is 17.9. The molecule has 1 saturated heterocycles. The Kier molecular flexibility index (Phi) is 7.10. The molecule has 0 aromatic heterocycles. The second-order valence-corrected chi connectivity index (χ2v) is 7.55. The number of hydrogen-bond acceptors (Lipinski definition) is 3. The summed E-state index contributed by atoms with van der Waals surface area (Å²) >= 11 is 0. The van der Waals surface area contributed by atoms with Crippen molar-refractivity contribution < 1.29 is 4.79 Å². The summed E-state index contributed by atoms with van der Waals surface area (Å²) in [6, 6.07) is 16.2. The highest BCUT2D eigenvalue weighted by Gasteiger charge is 2.20. The molecule has 0 atom stereocenters. The Morgan fingerprint density at radius 2 is 1.52 bits per heavy atom. The first-order chi connectivity index (χ1) is 14.1. The summed E-state index contributed by atoms with van der Waals surface area (Å²) in [5, 5.41) is 0. The van der Waals surface area contributed by atoms with Crippen LogP contribution >= 0.6 is 0 Å². The van der Waals surface area contributed by atoms with Crippen molar-refractivity contribution >= 4 is 17.2 Å². The van der Waals surface area contributed by atoms with E-state index in [1.165, 1.54) is 11.1 Å². The van der Waals surface area contributed by atoms with E-state index in [0.717, 1.165) is 67.9 Å². The highest BCUT2D eigenvalue weighted by Crippen LogP contribution is 2.35. The number of carbonyl (C=O) groups excluding carboxylic acids is 1. The first kappa shape index (κ1) is 21.1. The van der Waals surface area contributed by atoms with Crippen molar-refractivity contribution in [2.75, 3.05) is 38.5 Å². The average molecular weight is 392 g/mol. The van der Waals surface area contributed by atoms with Gasteiger partial charge >= 0.3 is 0 Å². The highest BCUT2D eigenvalue weighted by molar-refractivity contribution is 5.95. The predicted molar refractivity (Wildman–Crippen MR) is 122 cm³/mol. The van der Waals surface area contributed by atoms with Gasteiger partial charge in [-0.1, -0.05) is 42.8 Å². The molecule has 1 amide bonds. The smallest absolute Gasteiger partial charge is 0.253 e. The van der Waals surface area contributed by atoms with Crippen LogP contribution in [0.1, 0.15) is 55.1 Å². The molecular formula is C25H33N3O. The Balaban J connectivity index is 2.00. The number of benzene rings is 2. The Bertz CT molecular complexity index is 856. The first-order valence-corrected chi connectivity index (χ1v) is 10.8. The highest BCUT2D eigenvalue weighted by atomic mass is 16.2. The van der Waals surface area contributed by atoms with E-state index in [1.54, 1.807) is 0 Å². The molecule has 1 aliphatic heterocycles. The first-order valence-electron chi connectivity index (χ1n) is 10.8. The number of amides is 1. The zero-order valence-electron chi connectivity index (χ0n) is 17.9. The SMILES string of the molecule is CCN1CCC(=C(c2ccc(C(=O)N(CC)CC)cc2)c2ccccc2N)CC1. The molecule has 0 spiro atoms. The van der Waals surface area contributed by atoms with Crippen LogP contribution in [0.4, 0.5) is 5.69 Å². The summed E-state index contributed by atoms with van der Waals surface area (Å²) < 4.78 is 0. The number of likely N-dealkylation sites (tertiary alicyclic amines) is 1. The number of anilines is 1. The molecule has 0 bridgehead atoms. The van der Waals surface area contributed by atoms with Crippen LogP contribution in [0.15, 0.2) is 54.1 Å². The van der Waals surface area contributed by atoms with Crippen molar-refractivity contribution in [1.29, 1.82) is 0 Å². The van der Waals surface area contributed by atoms with Gasteiger partial charge in [0.1, 0.15) is 0 Å². The maximum Gasteiger partial charge on any atom is 0.253 e. The minimum Gasteiger partial charge on any atom is -0.398 e. The fourth-order valence-electron chi connectivity index (χ4n) is 4.14. The summed E-state index contributed by atoms with van der Waals surface area (Å²) in [6.07, 6.45) is 2.11. The van der Waals surface area contributed by atoms with Crippen LogP contribution < -0.4 is 5.73 Å². The number of nitrogen functional groups attached to an aromatic ring is 1. The number of rotatable bonds is 6. The van der Waals surface area contributed by atoms with Gasteiger partial charge in [0.05, 0.1) is 0 Å². The largest absolute Gasteiger partial charge is 0.398 e. The Morgan fingerprint density at radius 1 is 0.931 bits per heavy atom. The van der Waals surface area contributed by atoms with Crippen molar-refractivity contribution in [1.82, 2.24) is 9.80 Å². The average Bonchev–Trinajstić information content (AvgIpc) is 2.77. The minimum atomic E-state index is 0.0891. The summed E-state index contributed by atoms with van der Waals surface area (Å²) in [4.78, 5) is 17.0. The molecule has 4 nitrogen and oxygen atoms in total. The number of para-hydroxylation sites is 1. The lowest BCUT2D eigenvalue weighted by Crippen LogP contribution is -2.30. The lowest BCUT2D eigenvalue weighted by atomic mass is 9.87. The Hall–Kier alpha value is -2.59. The van der Waals surface area contributed by atoms with E-state index < -0.39 is 0 Å². The summed E-state index contributed by atoms with van der Waals surface area (Å²) in [5.41, 5.74) is 12.8. The summed E-state index contributed by atoms with van der Waals surface area (Å²) in [7, 11) is 0. The van der Waals surface area contributed by atoms with Crippen LogP contribution in [0.3, 0.4) is 0 Å². The van der Waals surface area contributed by atoms with Gasteiger partial charge in [-0.05, 0) is 62.6 Å². The van der Waals surface area contributed by atoms with Gasteiger partial charge in [-0.2, -0.15) is 0 Å². The minimum absolute atomic E-state index is 0.0891. The third-order valence-electron chi connectivity index (χ3n) is 5.96. The van der Waals surface area contributed by atoms with E-state index >= 15 is 0 Å². The van der Waals surface area contributed by atoms with Gasteiger partial charge in [0.2, 0.25) is 0 Å². The molecule has 154 valence electrons. The zero-order chi connectivity index (χ0) is 20.8. The van der Waals surface area contributed by atoms with E-state index in [1.807, 2.05) is 49.1 Å². The molecule has 0 radical (unpaired) electrons. The molecule has 29 heavy (non-hydrogen) atoms. The van der Waals surface area contributed by atoms with Crippen LogP contribution in [0.2, 0.25) is 0 Å². The molecule has 0 saturated carbocycles. The molecular weight excluding hydrogens is 358 g/mol. The van der Waals surface area contributed by atoms with Gasteiger partial charge in [-0.25, -0.2) is 0 Å². The molecule has 1 fully saturated rings. The van der Waals surface area contributed by atoms with Crippen LogP contribution in [0, 0.1) is 0 Å². The van der Waals surface area contributed by atoms with Gasteiger partial charge in [0, 0.05) is 43.0 Å². The molecule has 2 aromatic rings. The Morgan fingerprint density at radius 3 is 2.07 bits per heavy atom. The number of carbonyl (C=O) groups is 1. The molecule has 1 heterocycles. The number of nitrogens with two attached hydrogens (primary N) is 1. The standard InChI is InChI=1S/C25H33N3O/c1-4-27-17-15-20(16-18-27)24(22-9-7-8-10-23(22)26)19-11-13-21(14-12-19)25(29)28(5-2)6-3/h7-14H,4-6,15-18,26H2,1-3H3. The van der Waals surface area contributed by atoms with Crippen molar-refractivity contribution in [2.45, 2.75) is 33.6 Å². The van der Waals surface area contributed by atoms with Gasteiger partial charge < -0.3 is 15.5 Å². The number of piperidine rings is 1. The van der Waals surface area contributed by atoms with Gasteiger partial charge in [-0.15, -0.1) is 0 Å². The topological polar surface area (TPSA) is 49.6 Å². The molecule has 0 aliphatic carbocycles. The van der Waals surface area contributed by atoms with E-state index in [0.29, 0.717) is 0 Å². The van der Waals surface area contributed by atoms with Crippen molar-refractivity contribution in [3.63, 3.8) is 0 Å². The maximum atomic E-state index is 12.7. The normalized spacial score (nSPS) is 14.7. The van der Waals surface area contributed by atoms with Crippen molar-refractivity contribution in [3.8, 4) is 0 Å². The molecule has 3 rings (SSSR count). The van der Waals surface area contributed by atoms with E-state index in [9.17, 15) is 4.79 Å². The number of hydrogen-bond donors (Lipinski definition) is 1. The predicted octanol–water partition coefficient (Wildman–Crippen LogP) is 4.67. The van der Waals surface area contributed by atoms with Crippen LogP contribution in [-0.2, 0) is 0 Å². The monoisotopic (exact) mass is 391 g/mol.